The summed E-state index contributed by atoms with van der Waals surface area (Å²) in [4.78, 5) is 5.19. The molecule has 0 radical (unpaired) electrons. The quantitative estimate of drug-likeness (QED) is 0.180. The van der Waals surface area contributed by atoms with Crippen molar-refractivity contribution in [1.82, 2.24) is 19.8 Å². The molecule has 268 valence electrons. The maximum absolute atomic E-state index is 5.19. The second-order valence-electron chi connectivity index (χ2n) is 14.8. The molecule has 0 spiro atoms. The number of nitrogens with zero attached hydrogens (tertiary/aromatic N) is 3. The van der Waals surface area contributed by atoms with Gasteiger partial charge in [0.2, 0.25) is 0 Å². The van der Waals surface area contributed by atoms with E-state index in [0.717, 1.165) is 46.8 Å². The number of aliphatic imine (C=N–C) groups is 1. The first-order chi connectivity index (χ1) is 27.8. The van der Waals surface area contributed by atoms with Gasteiger partial charge in [-0.25, -0.2) is 4.99 Å². The van der Waals surface area contributed by atoms with Gasteiger partial charge < -0.3 is 14.5 Å². The summed E-state index contributed by atoms with van der Waals surface area (Å²) in [5.74, 6) is 0.922. The maximum atomic E-state index is 5.19. The highest BCUT2D eigenvalue weighted by molar-refractivity contribution is 6.19. The monoisotopic (exact) mass is 721 g/mol. The molecule has 0 bridgehead atoms. The van der Waals surface area contributed by atoms with Crippen LogP contribution in [0.3, 0.4) is 0 Å². The third kappa shape index (κ3) is 5.47. The minimum atomic E-state index is -0.185. The molecule has 0 saturated carbocycles. The number of fused-ring (bicyclic) bond motifs is 6. The van der Waals surface area contributed by atoms with Crippen molar-refractivity contribution in [3.05, 3.63) is 205 Å². The summed E-state index contributed by atoms with van der Waals surface area (Å²) in [6, 6.07) is 61.5. The molecular formula is C51H39N5. The van der Waals surface area contributed by atoms with Crippen molar-refractivity contribution < 1.29 is 0 Å². The largest absolute Gasteiger partial charge is 0.350 e. The van der Waals surface area contributed by atoms with Gasteiger partial charge in [0.1, 0.15) is 18.2 Å². The van der Waals surface area contributed by atoms with Crippen LogP contribution in [0.25, 0.3) is 66.1 Å². The number of benzene rings is 7. The molecule has 2 unspecified atom stereocenters. The van der Waals surface area contributed by atoms with Gasteiger partial charge in [-0.05, 0) is 89.7 Å². The highest BCUT2D eigenvalue weighted by Gasteiger charge is 2.27. The highest BCUT2D eigenvalue weighted by atomic mass is 15.3. The molecule has 1 aliphatic heterocycles. The Morgan fingerprint density at radius 1 is 0.482 bits per heavy atom. The fraction of sp³-hybridized carbons (Fsp3) is 0.0784. The van der Waals surface area contributed by atoms with Crippen molar-refractivity contribution in [1.29, 1.82) is 0 Å². The van der Waals surface area contributed by atoms with Gasteiger partial charge in [0.15, 0.2) is 0 Å². The topological polar surface area (TPSA) is 46.3 Å². The smallest absolute Gasteiger partial charge is 0.131 e. The third-order valence-electron chi connectivity index (χ3n) is 11.4. The van der Waals surface area contributed by atoms with Gasteiger partial charge >= 0.3 is 0 Å². The average Bonchev–Trinajstić information content (AvgIpc) is 3.78. The number of para-hydroxylation sites is 2. The summed E-state index contributed by atoms with van der Waals surface area (Å²) in [5, 5.41) is 12.6. The minimum absolute atomic E-state index is 0.158. The molecule has 5 nitrogen and oxygen atoms in total. The number of rotatable bonds is 6. The molecule has 5 heteroatoms. The second-order valence-corrected chi connectivity index (χ2v) is 14.8. The molecule has 2 N–H and O–H groups in total. The van der Waals surface area contributed by atoms with Crippen LogP contribution < -0.4 is 10.6 Å². The SMILES string of the molecule is C1=CC(C2=NC(c3ccccc3)NC(c3cccc(-n4c5ccc(-c6ccccc6)cc5c5cc6c7ccccc7n(-c7ccccc7)c6cc54)c3)N2)=CCC1. The fourth-order valence-electron chi connectivity index (χ4n) is 8.74. The van der Waals surface area contributed by atoms with Crippen LogP contribution in [0.5, 0.6) is 0 Å². The molecule has 0 amide bonds. The lowest BCUT2D eigenvalue weighted by Gasteiger charge is -2.33. The first kappa shape index (κ1) is 32.5. The van der Waals surface area contributed by atoms with Crippen molar-refractivity contribution in [2.24, 2.45) is 4.99 Å². The Bertz CT molecular complexity index is 3020. The van der Waals surface area contributed by atoms with Crippen LogP contribution in [-0.2, 0) is 0 Å². The van der Waals surface area contributed by atoms with Crippen molar-refractivity contribution >= 4 is 49.4 Å². The van der Waals surface area contributed by atoms with E-state index >= 15 is 0 Å². The molecule has 2 aromatic heterocycles. The molecule has 11 rings (SSSR count). The molecular weight excluding hydrogens is 683 g/mol. The lowest BCUT2D eigenvalue weighted by molar-refractivity contribution is 0.409. The van der Waals surface area contributed by atoms with Crippen LogP contribution in [0.2, 0.25) is 0 Å². The molecule has 7 aromatic carbocycles. The number of nitrogens with one attached hydrogen (secondary N) is 2. The van der Waals surface area contributed by atoms with Gasteiger partial charge in [0, 0.05) is 38.5 Å². The van der Waals surface area contributed by atoms with Crippen molar-refractivity contribution in [2.75, 3.05) is 0 Å². The van der Waals surface area contributed by atoms with Crippen LogP contribution in [0.1, 0.15) is 36.3 Å². The molecule has 9 aromatic rings. The van der Waals surface area contributed by atoms with E-state index < -0.39 is 0 Å². The van der Waals surface area contributed by atoms with E-state index in [2.05, 4.69) is 208 Å². The maximum Gasteiger partial charge on any atom is 0.131 e. The predicted molar refractivity (Wildman–Crippen MR) is 233 cm³/mol. The first-order valence-corrected chi connectivity index (χ1v) is 19.5. The van der Waals surface area contributed by atoms with E-state index in [1.165, 1.54) is 54.7 Å². The molecule has 0 fully saturated rings. The van der Waals surface area contributed by atoms with Crippen LogP contribution in [-0.4, -0.2) is 15.0 Å². The lowest BCUT2D eigenvalue weighted by atomic mass is 10.0. The Kier molecular flexibility index (Phi) is 7.78. The second kappa shape index (κ2) is 13.4. The Morgan fingerprint density at radius 2 is 1.14 bits per heavy atom. The minimum Gasteiger partial charge on any atom is -0.350 e. The average molecular weight is 722 g/mol. The Labute approximate surface area is 325 Å². The highest BCUT2D eigenvalue weighted by Crippen LogP contribution is 2.41. The Balaban J connectivity index is 1.12. The van der Waals surface area contributed by atoms with E-state index in [-0.39, 0.29) is 12.3 Å². The number of hydrogen-bond acceptors (Lipinski definition) is 3. The van der Waals surface area contributed by atoms with Crippen molar-refractivity contribution in [3.63, 3.8) is 0 Å². The van der Waals surface area contributed by atoms with Crippen LogP contribution in [0.4, 0.5) is 0 Å². The molecule has 3 heterocycles. The summed E-state index contributed by atoms with van der Waals surface area (Å²) in [5.41, 5.74) is 12.8. The van der Waals surface area contributed by atoms with E-state index in [0.29, 0.717) is 0 Å². The van der Waals surface area contributed by atoms with Gasteiger partial charge in [0.05, 0.1) is 22.1 Å². The zero-order valence-electron chi connectivity index (χ0n) is 30.8. The summed E-state index contributed by atoms with van der Waals surface area (Å²) >= 11 is 0. The van der Waals surface area contributed by atoms with E-state index in [4.69, 9.17) is 4.99 Å². The molecule has 56 heavy (non-hydrogen) atoms. The standard InChI is InChI=1S/C51H39N5/c1-5-16-34(17-6-1)37-28-29-46-42(31-37)44-32-43-41-26-13-14-27-45(41)55(39-23-11-4-12-24-39)47(43)33-48(44)56(46)40-25-15-22-38(30-40)51-53-49(35-18-7-2-8-19-35)52-50(54-51)36-20-9-3-10-21-36/h1-2,4-9,11-33,49,51,53H,3,10H2,(H,52,54). The van der Waals surface area contributed by atoms with Crippen LogP contribution in [0.15, 0.2) is 199 Å². The van der Waals surface area contributed by atoms with Crippen molar-refractivity contribution in [2.45, 2.75) is 25.2 Å². The van der Waals surface area contributed by atoms with Gasteiger partial charge in [-0.3, -0.25) is 5.32 Å². The van der Waals surface area contributed by atoms with E-state index in [1.807, 2.05) is 0 Å². The molecule has 2 atom stereocenters. The number of allylic oxidation sites excluding steroid dienone is 2. The number of amidine groups is 1. The summed E-state index contributed by atoms with van der Waals surface area (Å²) in [7, 11) is 0. The summed E-state index contributed by atoms with van der Waals surface area (Å²) in [6.07, 6.45) is 8.48. The molecule has 1 aliphatic carbocycles. The molecule has 2 aliphatic rings. The van der Waals surface area contributed by atoms with Gasteiger partial charge in [-0.1, -0.05) is 133 Å². The Hall–Kier alpha value is -6.95. The lowest BCUT2D eigenvalue weighted by Crippen LogP contribution is -2.45. The van der Waals surface area contributed by atoms with Crippen LogP contribution in [0, 0.1) is 0 Å². The van der Waals surface area contributed by atoms with Gasteiger partial charge in [0.25, 0.3) is 0 Å². The number of hydrogen-bond donors (Lipinski definition) is 2. The van der Waals surface area contributed by atoms with E-state index in [9.17, 15) is 0 Å². The van der Waals surface area contributed by atoms with Gasteiger partial charge in [-0.2, -0.15) is 0 Å². The fourth-order valence-corrected chi connectivity index (χ4v) is 8.74. The summed E-state index contributed by atoms with van der Waals surface area (Å²) in [6.45, 7) is 0. The number of aromatic nitrogens is 2. The summed E-state index contributed by atoms with van der Waals surface area (Å²) < 4.78 is 4.86. The normalized spacial score (nSPS) is 17.0. The molecule has 0 saturated heterocycles. The predicted octanol–water partition coefficient (Wildman–Crippen LogP) is 12.1. The Morgan fingerprint density at radius 3 is 1.95 bits per heavy atom. The zero-order chi connectivity index (χ0) is 37.0. The van der Waals surface area contributed by atoms with Gasteiger partial charge in [-0.15, -0.1) is 0 Å². The third-order valence-corrected chi connectivity index (χ3v) is 11.4. The first-order valence-electron chi connectivity index (χ1n) is 19.5. The van der Waals surface area contributed by atoms with Crippen LogP contribution >= 0.6 is 0 Å². The van der Waals surface area contributed by atoms with Crippen molar-refractivity contribution in [3.8, 4) is 22.5 Å². The van der Waals surface area contributed by atoms with E-state index in [1.54, 1.807) is 0 Å². The zero-order valence-corrected chi connectivity index (χ0v) is 30.8.